The second kappa shape index (κ2) is 9.15. The van der Waals surface area contributed by atoms with Gasteiger partial charge in [0, 0.05) is 5.16 Å². The summed E-state index contributed by atoms with van der Waals surface area (Å²) in [5.41, 5.74) is 4.30. The van der Waals surface area contributed by atoms with E-state index in [1.54, 1.807) is 0 Å². The van der Waals surface area contributed by atoms with Crippen molar-refractivity contribution < 1.29 is 0 Å². The number of hydrogen-bond acceptors (Lipinski definition) is 0. The molecule has 0 aromatic heterocycles. The number of hydrogen-bond donors (Lipinski definition) is 0. The lowest BCUT2D eigenvalue weighted by Gasteiger charge is -2.41. The molecule has 0 nitrogen and oxygen atoms in total. The van der Waals surface area contributed by atoms with E-state index in [9.17, 15) is 0 Å². The highest BCUT2D eigenvalue weighted by Gasteiger charge is 2.39. The van der Waals surface area contributed by atoms with Gasteiger partial charge < -0.3 is 0 Å². The van der Waals surface area contributed by atoms with Crippen molar-refractivity contribution >= 4 is 8.58 Å². The van der Waals surface area contributed by atoms with Gasteiger partial charge in [-0.15, -0.1) is 8.58 Å². The normalized spacial score (nSPS) is 13.2. The number of benzene rings is 3. The van der Waals surface area contributed by atoms with Crippen molar-refractivity contribution in [2.45, 2.75) is 37.8 Å². The van der Waals surface area contributed by atoms with Crippen molar-refractivity contribution in [2.24, 2.45) is 0 Å². The fraction of sp³-hybridized carbons (Fsp3) is 0.280. The highest BCUT2D eigenvalue weighted by atomic mass is 31.1. The van der Waals surface area contributed by atoms with Crippen LogP contribution < -0.4 is 0 Å². The van der Waals surface area contributed by atoms with E-state index >= 15 is 0 Å². The van der Waals surface area contributed by atoms with Gasteiger partial charge in [0.2, 0.25) is 0 Å². The lowest BCUT2D eigenvalue weighted by molar-refractivity contribution is 0.596. The molecule has 0 radical (unpaired) electrons. The maximum absolute atomic E-state index is 2.41. The Morgan fingerprint density at radius 3 is 1.65 bits per heavy atom. The molecule has 1 heteroatoms. The summed E-state index contributed by atoms with van der Waals surface area (Å²) in [5, 5.41) is 0.0268. The minimum absolute atomic E-state index is 0.0268. The smallest absolute Gasteiger partial charge is 0.0438 e. The predicted molar refractivity (Wildman–Crippen MR) is 117 cm³/mol. The van der Waals surface area contributed by atoms with E-state index in [-0.39, 0.29) is 5.16 Å². The van der Waals surface area contributed by atoms with E-state index in [0.717, 1.165) is 8.58 Å². The van der Waals surface area contributed by atoms with Gasteiger partial charge in [-0.1, -0.05) is 111 Å². The molecule has 2 atom stereocenters. The Hall–Kier alpha value is -1.91. The van der Waals surface area contributed by atoms with Crippen LogP contribution in [0.3, 0.4) is 0 Å². The van der Waals surface area contributed by atoms with Crippen molar-refractivity contribution in [1.82, 2.24) is 0 Å². The van der Waals surface area contributed by atoms with Gasteiger partial charge in [0.15, 0.2) is 0 Å². The second-order valence-electron chi connectivity index (χ2n) is 6.95. The third-order valence-corrected chi connectivity index (χ3v) is 7.51. The third kappa shape index (κ3) is 3.92. The highest BCUT2D eigenvalue weighted by Crippen LogP contribution is 2.56. The highest BCUT2D eigenvalue weighted by molar-refractivity contribution is 7.40. The van der Waals surface area contributed by atoms with Gasteiger partial charge in [0.25, 0.3) is 0 Å². The van der Waals surface area contributed by atoms with Crippen LogP contribution in [0, 0.1) is 0 Å². The standard InChI is InChI=1S/C25H29P/c1-3-4-20-26-25(23-16-10-6-11-17-23,24-18-12-7-13-19-24)21(2)22-14-8-5-9-15-22/h5-19,21,26H,3-4,20H2,1-2H3. The Morgan fingerprint density at radius 1 is 0.731 bits per heavy atom. The molecule has 134 valence electrons. The first-order chi connectivity index (χ1) is 12.8. The SMILES string of the molecule is CCCCPC(c1ccccc1)(c1ccccc1)C(C)c1ccccc1. The summed E-state index contributed by atoms with van der Waals surface area (Å²) in [5.74, 6) is 0.420. The van der Waals surface area contributed by atoms with Crippen LogP contribution in [0.4, 0.5) is 0 Å². The molecule has 0 aliphatic rings. The molecule has 26 heavy (non-hydrogen) atoms. The van der Waals surface area contributed by atoms with E-state index in [1.807, 2.05) is 0 Å². The van der Waals surface area contributed by atoms with Crippen LogP contribution in [0.15, 0.2) is 91.0 Å². The van der Waals surface area contributed by atoms with Gasteiger partial charge in [0.05, 0.1) is 0 Å². The maximum atomic E-state index is 2.41. The summed E-state index contributed by atoms with van der Waals surface area (Å²) in [6, 6.07) is 33.3. The number of rotatable bonds is 8. The maximum Gasteiger partial charge on any atom is 0.0438 e. The van der Waals surface area contributed by atoms with E-state index < -0.39 is 0 Å². The Bertz CT molecular complexity index is 726. The minimum atomic E-state index is 0.0268. The van der Waals surface area contributed by atoms with Crippen LogP contribution in [0.1, 0.15) is 49.3 Å². The summed E-state index contributed by atoms with van der Waals surface area (Å²) >= 11 is 0. The van der Waals surface area contributed by atoms with Gasteiger partial charge in [0.1, 0.15) is 0 Å². The molecule has 0 saturated heterocycles. The Morgan fingerprint density at radius 2 is 1.19 bits per heavy atom. The Balaban J connectivity index is 2.17. The van der Waals surface area contributed by atoms with Crippen LogP contribution in [-0.2, 0) is 5.16 Å². The van der Waals surface area contributed by atoms with Crippen LogP contribution in [-0.4, -0.2) is 6.16 Å². The fourth-order valence-corrected chi connectivity index (χ4v) is 6.02. The molecule has 0 spiro atoms. The summed E-state index contributed by atoms with van der Waals surface area (Å²) in [7, 11) is 0.861. The molecule has 0 aliphatic carbocycles. The minimum Gasteiger partial charge on any atom is -0.106 e. The molecule has 0 N–H and O–H groups in total. The van der Waals surface area contributed by atoms with Crippen molar-refractivity contribution in [3.8, 4) is 0 Å². The molecule has 3 aromatic rings. The van der Waals surface area contributed by atoms with E-state index in [1.165, 1.54) is 35.7 Å². The molecule has 0 amide bonds. The van der Waals surface area contributed by atoms with Gasteiger partial charge in [-0.2, -0.15) is 0 Å². The third-order valence-electron chi connectivity index (χ3n) is 5.34. The van der Waals surface area contributed by atoms with Gasteiger partial charge >= 0.3 is 0 Å². The average molecular weight is 360 g/mol. The van der Waals surface area contributed by atoms with Crippen molar-refractivity contribution in [2.75, 3.05) is 6.16 Å². The first-order valence-electron chi connectivity index (χ1n) is 9.70. The molecule has 3 aromatic carbocycles. The van der Waals surface area contributed by atoms with Crippen LogP contribution >= 0.6 is 8.58 Å². The molecule has 2 unspecified atom stereocenters. The van der Waals surface area contributed by atoms with E-state index in [0.29, 0.717) is 5.92 Å². The van der Waals surface area contributed by atoms with Crippen molar-refractivity contribution in [3.05, 3.63) is 108 Å². The molecule has 0 bridgehead atoms. The zero-order valence-corrected chi connectivity index (χ0v) is 16.9. The molecule has 0 heterocycles. The van der Waals surface area contributed by atoms with E-state index in [2.05, 4.69) is 105 Å². The largest absolute Gasteiger partial charge is 0.106 e. The lowest BCUT2D eigenvalue weighted by Crippen LogP contribution is -2.29. The molecular formula is C25H29P. The van der Waals surface area contributed by atoms with Gasteiger partial charge in [-0.05, 0) is 35.2 Å². The van der Waals surface area contributed by atoms with Crippen molar-refractivity contribution in [1.29, 1.82) is 0 Å². The second-order valence-corrected chi connectivity index (χ2v) is 8.59. The molecule has 3 rings (SSSR count). The average Bonchev–Trinajstić information content (AvgIpc) is 2.73. The van der Waals surface area contributed by atoms with Gasteiger partial charge in [-0.25, -0.2) is 0 Å². The summed E-state index contributed by atoms with van der Waals surface area (Å²) in [4.78, 5) is 0. The van der Waals surface area contributed by atoms with Gasteiger partial charge in [-0.3, -0.25) is 0 Å². The summed E-state index contributed by atoms with van der Waals surface area (Å²) < 4.78 is 0. The van der Waals surface area contributed by atoms with Crippen LogP contribution in [0.25, 0.3) is 0 Å². The molecule has 0 saturated carbocycles. The lowest BCUT2D eigenvalue weighted by atomic mass is 9.77. The topological polar surface area (TPSA) is 0 Å². The molecule has 0 fully saturated rings. The fourth-order valence-electron chi connectivity index (χ4n) is 3.88. The Kier molecular flexibility index (Phi) is 6.64. The quantitative estimate of drug-likeness (QED) is 0.294. The summed E-state index contributed by atoms with van der Waals surface area (Å²) in [6.07, 6.45) is 3.82. The first-order valence-corrected chi connectivity index (χ1v) is 10.9. The van der Waals surface area contributed by atoms with E-state index in [4.69, 9.17) is 0 Å². The molecular weight excluding hydrogens is 331 g/mol. The first kappa shape index (κ1) is 18.9. The zero-order chi connectivity index (χ0) is 18.2. The zero-order valence-electron chi connectivity index (χ0n) is 15.9. The summed E-state index contributed by atoms with van der Waals surface area (Å²) in [6.45, 7) is 4.70. The van der Waals surface area contributed by atoms with Crippen LogP contribution in [0.2, 0.25) is 0 Å². The number of unbranched alkanes of at least 4 members (excludes halogenated alkanes) is 1. The van der Waals surface area contributed by atoms with Crippen molar-refractivity contribution in [3.63, 3.8) is 0 Å². The Labute approximate surface area is 160 Å². The van der Waals surface area contributed by atoms with Crippen LogP contribution in [0.5, 0.6) is 0 Å². The molecule has 0 aliphatic heterocycles. The monoisotopic (exact) mass is 360 g/mol. The predicted octanol–water partition coefficient (Wildman–Crippen LogP) is 7.21.